The Hall–Kier alpha value is -6.38. The van der Waals surface area contributed by atoms with Crippen LogP contribution in [0, 0.1) is 11.8 Å². The molecule has 3 atom stereocenters. The lowest BCUT2D eigenvalue weighted by atomic mass is 9.57. The van der Waals surface area contributed by atoms with Crippen LogP contribution in [0.4, 0.5) is 17.1 Å². The Kier molecular flexibility index (Phi) is 7.41. The third kappa shape index (κ3) is 4.69. The zero-order valence-corrected chi connectivity index (χ0v) is 31.9. The molecule has 1 aromatic heterocycles. The van der Waals surface area contributed by atoms with Gasteiger partial charge in [-0.1, -0.05) is 148 Å². The minimum Gasteiger partial charge on any atom is -0.456 e. The third-order valence-corrected chi connectivity index (χ3v) is 13.2. The smallest absolute Gasteiger partial charge is 0.137 e. The summed E-state index contributed by atoms with van der Waals surface area (Å²) in [7, 11) is 0. The van der Waals surface area contributed by atoms with Crippen molar-refractivity contribution >= 4 is 60.5 Å². The first-order valence-electron chi connectivity index (χ1n) is 20.2. The minimum absolute atomic E-state index is 0.229. The quantitative estimate of drug-likeness (QED) is 0.130. The molecular weight excluding hydrogens is 679 g/mol. The Labute approximate surface area is 328 Å². The normalized spacial score (nSPS) is 18.9. The van der Waals surface area contributed by atoms with E-state index < -0.39 is 0 Å². The molecule has 1 saturated carbocycles. The Balaban J connectivity index is 1.14. The maximum absolute atomic E-state index is 6.49. The van der Waals surface area contributed by atoms with Gasteiger partial charge in [-0.05, 0) is 128 Å². The number of hydrogen-bond donors (Lipinski definition) is 0. The van der Waals surface area contributed by atoms with Crippen molar-refractivity contribution in [3.63, 3.8) is 0 Å². The highest BCUT2D eigenvalue weighted by Crippen LogP contribution is 2.62. The molecule has 0 N–H and O–H groups in total. The second kappa shape index (κ2) is 12.6. The van der Waals surface area contributed by atoms with Crippen LogP contribution in [-0.4, -0.2) is 0 Å². The van der Waals surface area contributed by atoms with E-state index >= 15 is 0 Å². The number of nitrogens with zero attached hydrogens (tertiary/aromatic N) is 1. The Morgan fingerprint density at radius 1 is 0.625 bits per heavy atom. The molecule has 0 radical (unpaired) electrons. The summed E-state index contributed by atoms with van der Waals surface area (Å²) in [5, 5.41) is 7.27. The van der Waals surface area contributed by atoms with Gasteiger partial charge in [-0.3, -0.25) is 0 Å². The predicted molar refractivity (Wildman–Crippen MR) is 236 cm³/mol. The second-order valence-electron chi connectivity index (χ2n) is 16.1. The van der Waals surface area contributed by atoms with Gasteiger partial charge in [0.2, 0.25) is 0 Å². The van der Waals surface area contributed by atoms with Crippen molar-refractivity contribution < 1.29 is 4.42 Å². The summed E-state index contributed by atoms with van der Waals surface area (Å²) in [4.78, 5) is 2.46. The van der Waals surface area contributed by atoms with Crippen molar-refractivity contribution in [1.29, 1.82) is 0 Å². The predicted octanol–water partition coefficient (Wildman–Crippen LogP) is 15.3. The summed E-state index contributed by atoms with van der Waals surface area (Å²) in [5.41, 5.74) is 14.2. The van der Waals surface area contributed by atoms with Crippen molar-refractivity contribution in [2.75, 3.05) is 4.90 Å². The Bertz CT molecular complexity index is 2970. The summed E-state index contributed by atoms with van der Waals surface area (Å²) in [6, 6.07) is 60.2. The van der Waals surface area contributed by atoms with Crippen molar-refractivity contribution in [2.45, 2.75) is 38.5 Å². The van der Waals surface area contributed by atoms with Gasteiger partial charge in [-0.25, -0.2) is 0 Å². The highest BCUT2D eigenvalue weighted by atomic mass is 16.3. The van der Waals surface area contributed by atoms with Gasteiger partial charge in [0.05, 0.1) is 11.1 Å². The number of allylic oxidation sites excluding steroid dienone is 1. The molecule has 0 bridgehead atoms. The minimum atomic E-state index is -0.229. The first-order chi connectivity index (χ1) is 27.5. The number of hydrogen-bond acceptors (Lipinski definition) is 2. The lowest BCUT2D eigenvalue weighted by Gasteiger charge is -2.46. The second-order valence-corrected chi connectivity index (χ2v) is 16.1. The molecule has 2 aliphatic carbocycles. The van der Waals surface area contributed by atoms with Gasteiger partial charge in [0.1, 0.15) is 11.2 Å². The van der Waals surface area contributed by atoms with E-state index in [0.29, 0.717) is 11.8 Å². The average Bonchev–Trinajstić information content (AvgIpc) is 3.77. The van der Waals surface area contributed by atoms with Crippen LogP contribution in [0.15, 0.2) is 180 Å². The number of fused-ring (bicyclic) bond motifs is 10. The SMILES string of the molecule is C=C1CC(CC)CC(C)C12c1ccccc1-c1ccc(N(c3ccc(-c4c5ccccc5cc5ccccc45)cc3)c3cccc4oc5ccccc5c34)cc12. The molecule has 9 aromatic rings. The number of rotatable bonds is 5. The molecule has 1 heterocycles. The third-order valence-electron chi connectivity index (χ3n) is 13.2. The fourth-order valence-corrected chi connectivity index (χ4v) is 10.8. The monoisotopic (exact) mass is 721 g/mol. The molecule has 3 unspecified atom stereocenters. The molecule has 11 rings (SSSR count). The van der Waals surface area contributed by atoms with Crippen LogP contribution in [-0.2, 0) is 5.41 Å². The largest absolute Gasteiger partial charge is 0.456 e. The molecule has 270 valence electrons. The van der Waals surface area contributed by atoms with Gasteiger partial charge >= 0.3 is 0 Å². The van der Waals surface area contributed by atoms with Gasteiger partial charge in [-0.15, -0.1) is 0 Å². The molecule has 0 saturated heterocycles. The molecule has 0 amide bonds. The first kappa shape index (κ1) is 33.0. The highest BCUT2D eigenvalue weighted by Gasteiger charge is 2.51. The van der Waals surface area contributed by atoms with Crippen LogP contribution in [0.1, 0.15) is 44.2 Å². The maximum Gasteiger partial charge on any atom is 0.137 e. The van der Waals surface area contributed by atoms with Crippen molar-refractivity contribution in [2.24, 2.45) is 11.8 Å². The molecule has 1 spiro atoms. The van der Waals surface area contributed by atoms with E-state index in [9.17, 15) is 0 Å². The summed E-state index contributed by atoms with van der Waals surface area (Å²) in [5.74, 6) is 1.10. The zero-order valence-electron chi connectivity index (χ0n) is 31.9. The van der Waals surface area contributed by atoms with Gasteiger partial charge < -0.3 is 9.32 Å². The molecule has 2 heteroatoms. The van der Waals surface area contributed by atoms with E-state index in [1.54, 1.807) is 0 Å². The number of furan rings is 1. The van der Waals surface area contributed by atoms with Crippen molar-refractivity contribution in [3.05, 3.63) is 187 Å². The highest BCUT2D eigenvalue weighted by molar-refractivity contribution is 6.14. The number of benzene rings is 8. The fourth-order valence-electron chi connectivity index (χ4n) is 10.8. The molecule has 2 aliphatic rings. The van der Waals surface area contributed by atoms with Crippen LogP contribution < -0.4 is 4.90 Å². The summed E-state index contributed by atoms with van der Waals surface area (Å²) >= 11 is 0. The van der Waals surface area contributed by atoms with E-state index in [1.165, 1.54) is 73.3 Å². The van der Waals surface area contributed by atoms with Gasteiger partial charge in [0, 0.05) is 22.2 Å². The van der Waals surface area contributed by atoms with E-state index in [0.717, 1.165) is 45.4 Å². The molecule has 56 heavy (non-hydrogen) atoms. The van der Waals surface area contributed by atoms with E-state index in [2.05, 4.69) is 183 Å². The summed E-state index contributed by atoms with van der Waals surface area (Å²) in [6.45, 7) is 9.72. The lowest BCUT2D eigenvalue weighted by molar-refractivity contribution is 0.248. The maximum atomic E-state index is 6.49. The van der Waals surface area contributed by atoms with E-state index in [1.807, 2.05) is 0 Å². The van der Waals surface area contributed by atoms with Crippen LogP contribution in [0.25, 0.3) is 65.7 Å². The van der Waals surface area contributed by atoms with Crippen LogP contribution in [0.5, 0.6) is 0 Å². The molecule has 1 fully saturated rings. The molecular formula is C54H43NO. The van der Waals surface area contributed by atoms with Crippen LogP contribution >= 0.6 is 0 Å². The van der Waals surface area contributed by atoms with Gasteiger partial charge in [0.15, 0.2) is 0 Å². The topological polar surface area (TPSA) is 16.4 Å². The number of para-hydroxylation sites is 1. The first-order valence-corrected chi connectivity index (χ1v) is 20.2. The molecule has 8 aromatic carbocycles. The van der Waals surface area contributed by atoms with Crippen LogP contribution in [0.3, 0.4) is 0 Å². The van der Waals surface area contributed by atoms with Gasteiger partial charge in [-0.2, -0.15) is 0 Å². The summed E-state index contributed by atoms with van der Waals surface area (Å²) in [6.07, 6.45) is 3.45. The number of anilines is 3. The van der Waals surface area contributed by atoms with Gasteiger partial charge in [0.25, 0.3) is 0 Å². The Morgan fingerprint density at radius 2 is 1.27 bits per heavy atom. The standard InChI is InChI=1S/C54H43NO/c1-4-36-30-34(2)54(35(3)31-36)47-20-11-9-18-44(47)45-29-28-41(33-48(45)54)55(49-21-13-23-51-53(49)46-19-10-12-22-50(46)56-51)40-26-24-37(25-27-40)52-42-16-7-5-14-38(42)32-39-15-6-8-17-43(39)52/h5-29,32-33,35-36H,2,4,30-31H2,1,3H3. The zero-order chi connectivity index (χ0) is 37.5. The lowest BCUT2D eigenvalue weighted by Crippen LogP contribution is -2.40. The van der Waals surface area contributed by atoms with Crippen molar-refractivity contribution in [3.8, 4) is 22.3 Å². The fraction of sp³-hybridized carbons (Fsp3) is 0.148. The summed E-state index contributed by atoms with van der Waals surface area (Å²) < 4.78 is 6.49. The van der Waals surface area contributed by atoms with Crippen molar-refractivity contribution in [1.82, 2.24) is 0 Å². The van der Waals surface area contributed by atoms with Crippen LogP contribution in [0.2, 0.25) is 0 Å². The van der Waals surface area contributed by atoms with E-state index in [-0.39, 0.29) is 5.41 Å². The average molecular weight is 722 g/mol. The molecule has 0 aliphatic heterocycles. The van der Waals surface area contributed by atoms with E-state index in [4.69, 9.17) is 11.0 Å². The molecule has 2 nitrogen and oxygen atoms in total. The Morgan fingerprint density at radius 3 is 2.02 bits per heavy atom.